The number of carboxylic acid groups (broad SMARTS) is 1. The summed E-state index contributed by atoms with van der Waals surface area (Å²) in [5.74, 6) is -7.85. The van der Waals surface area contributed by atoms with Crippen molar-refractivity contribution in [2.24, 2.45) is 5.92 Å². The zero-order valence-electron chi connectivity index (χ0n) is 18.8. The van der Waals surface area contributed by atoms with Crippen LogP contribution in [0.2, 0.25) is 0 Å². The molecular weight excluding hydrogens is 462 g/mol. The number of fused-ring (bicyclic) bond motifs is 3. The number of nitrogens with zero attached hydrogens (tertiary/aromatic N) is 1. The summed E-state index contributed by atoms with van der Waals surface area (Å²) in [4.78, 5) is 36.7. The number of halogens is 2. The number of ether oxygens (including phenoxy) is 1. The molecule has 2 unspecified atom stereocenters. The lowest BCUT2D eigenvalue weighted by atomic mass is 9.93. The number of hydrogen-bond acceptors (Lipinski definition) is 5. The third-order valence-electron chi connectivity index (χ3n) is 6.51. The molecule has 1 heterocycles. The fourth-order valence-electron chi connectivity index (χ4n) is 4.64. The molecule has 1 aliphatic heterocycles. The molecule has 1 saturated heterocycles. The van der Waals surface area contributed by atoms with Gasteiger partial charge in [-0.2, -0.15) is 0 Å². The van der Waals surface area contributed by atoms with E-state index in [1.807, 2.05) is 48.5 Å². The molecule has 8 nitrogen and oxygen atoms in total. The molecule has 35 heavy (non-hydrogen) atoms. The van der Waals surface area contributed by atoms with Gasteiger partial charge in [0.25, 0.3) is 5.92 Å². The SMILES string of the molecule is O=C(NCC(O)CC(=O)N1CCC(F)(F)C(C(=O)O)C1)OCC1c2ccccc2-c2ccccc21. The number of likely N-dealkylation sites (tertiary alicyclic amines) is 1. The Hall–Kier alpha value is -3.53. The van der Waals surface area contributed by atoms with Gasteiger partial charge < -0.3 is 25.2 Å². The average molecular weight is 488 g/mol. The van der Waals surface area contributed by atoms with Gasteiger partial charge in [0.1, 0.15) is 12.5 Å². The second-order valence-electron chi connectivity index (χ2n) is 8.81. The van der Waals surface area contributed by atoms with Crippen molar-refractivity contribution in [2.45, 2.75) is 30.8 Å². The number of benzene rings is 2. The minimum atomic E-state index is -3.40. The Morgan fingerprint density at radius 1 is 1.09 bits per heavy atom. The predicted octanol–water partition coefficient (Wildman–Crippen LogP) is 2.84. The molecule has 2 aromatic rings. The summed E-state index contributed by atoms with van der Waals surface area (Å²) in [5, 5.41) is 21.6. The number of hydrogen-bond donors (Lipinski definition) is 3. The number of rotatable bonds is 7. The highest BCUT2D eigenvalue weighted by atomic mass is 19.3. The molecule has 0 radical (unpaired) electrons. The normalized spacial score (nSPS) is 19.4. The molecule has 2 aliphatic rings. The number of carboxylic acids is 1. The molecule has 2 aromatic carbocycles. The van der Waals surface area contributed by atoms with Crippen molar-refractivity contribution in [3.63, 3.8) is 0 Å². The number of amides is 2. The molecule has 1 fully saturated rings. The third-order valence-corrected chi connectivity index (χ3v) is 6.51. The molecule has 1 aliphatic carbocycles. The first-order valence-corrected chi connectivity index (χ1v) is 11.3. The van der Waals surface area contributed by atoms with Gasteiger partial charge in [-0.1, -0.05) is 48.5 Å². The fourth-order valence-corrected chi connectivity index (χ4v) is 4.64. The number of aliphatic carboxylic acids is 1. The van der Waals surface area contributed by atoms with Gasteiger partial charge in [-0.3, -0.25) is 9.59 Å². The van der Waals surface area contributed by atoms with Crippen molar-refractivity contribution in [2.75, 3.05) is 26.2 Å². The number of carbonyl (C=O) groups excluding carboxylic acids is 2. The topological polar surface area (TPSA) is 116 Å². The van der Waals surface area contributed by atoms with Crippen LogP contribution in [0, 0.1) is 5.92 Å². The maximum absolute atomic E-state index is 13.7. The predicted molar refractivity (Wildman–Crippen MR) is 121 cm³/mol. The summed E-state index contributed by atoms with van der Waals surface area (Å²) >= 11 is 0. The highest BCUT2D eigenvalue weighted by molar-refractivity contribution is 5.80. The summed E-state index contributed by atoms with van der Waals surface area (Å²) in [6.45, 7) is -1.13. The van der Waals surface area contributed by atoms with Crippen molar-refractivity contribution in [1.82, 2.24) is 10.2 Å². The molecule has 0 bridgehead atoms. The van der Waals surface area contributed by atoms with Crippen LogP contribution in [-0.4, -0.2) is 71.4 Å². The Morgan fingerprint density at radius 3 is 2.29 bits per heavy atom. The van der Waals surface area contributed by atoms with Crippen LogP contribution in [0.25, 0.3) is 11.1 Å². The van der Waals surface area contributed by atoms with E-state index in [2.05, 4.69) is 5.32 Å². The molecule has 0 saturated carbocycles. The lowest BCUT2D eigenvalue weighted by molar-refractivity contribution is -0.169. The van der Waals surface area contributed by atoms with Crippen LogP contribution >= 0.6 is 0 Å². The monoisotopic (exact) mass is 488 g/mol. The molecule has 0 spiro atoms. The van der Waals surface area contributed by atoms with Crippen LogP contribution in [0.1, 0.15) is 29.9 Å². The fraction of sp³-hybridized carbons (Fsp3) is 0.400. The zero-order valence-corrected chi connectivity index (χ0v) is 18.8. The van der Waals surface area contributed by atoms with Gasteiger partial charge >= 0.3 is 12.1 Å². The molecule has 4 rings (SSSR count). The second-order valence-corrected chi connectivity index (χ2v) is 8.81. The number of nitrogens with one attached hydrogen (secondary N) is 1. The Labute approximate surface area is 200 Å². The highest BCUT2D eigenvalue weighted by Gasteiger charge is 2.49. The quantitative estimate of drug-likeness (QED) is 0.552. The van der Waals surface area contributed by atoms with E-state index in [1.165, 1.54) is 0 Å². The van der Waals surface area contributed by atoms with E-state index in [0.29, 0.717) is 0 Å². The first kappa shape index (κ1) is 24.6. The van der Waals surface area contributed by atoms with Gasteiger partial charge in [-0.25, -0.2) is 13.6 Å². The molecular formula is C25H26F2N2O6. The lowest BCUT2D eigenvalue weighted by Gasteiger charge is -2.36. The summed E-state index contributed by atoms with van der Waals surface area (Å²) in [7, 11) is 0. The molecule has 0 aromatic heterocycles. The maximum atomic E-state index is 13.7. The van der Waals surface area contributed by atoms with Crippen LogP contribution in [0.4, 0.5) is 13.6 Å². The average Bonchev–Trinajstić information content (AvgIpc) is 3.14. The standard InChI is InChI=1S/C25H26F2N2O6/c26-25(27)9-10-29(13-21(25)23(32)33)22(31)11-15(30)12-28-24(34)35-14-20-18-7-3-1-5-16(18)17-6-2-4-8-19(17)20/h1-8,15,20-21,30H,9-14H2,(H,28,34)(H,32,33). The number of alkyl carbamates (subject to hydrolysis) is 1. The van der Waals surface area contributed by atoms with Crippen molar-refractivity contribution in [3.8, 4) is 11.1 Å². The molecule has 2 amide bonds. The van der Waals surface area contributed by atoms with Crippen molar-refractivity contribution in [3.05, 3.63) is 59.7 Å². The largest absolute Gasteiger partial charge is 0.481 e. The zero-order chi connectivity index (χ0) is 25.2. The van der Waals surface area contributed by atoms with E-state index in [1.54, 1.807) is 0 Å². The van der Waals surface area contributed by atoms with Crippen molar-refractivity contribution in [1.29, 1.82) is 0 Å². The summed E-state index contributed by atoms with van der Waals surface area (Å²) < 4.78 is 32.9. The number of piperidine rings is 1. The van der Waals surface area contributed by atoms with Crippen LogP contribution in [0.3, 0.4) is 0 Å². The van der Waals surface area contributed by atoms with Crippen molar-refractivity contribution >= 4 is 18.0 Å². The van der Waals surface area contributed by atoms with Gasteiger partial charge in [-0.15, -0.1) is 0 Å². The van der Waals surface area contributed by atoms with Crippen LogP contribution in [-0.2, 0) is 14.3 Å². The van der Waals surface area contributed by atoms with Gasteiger partial charge in [0.05, 0.1) is 12.5 Å². The molecule has 2 atom stereocenters. The smallest absolute Gasteiger partial charge is 0.407 e. The molecule has 10 heteroatoms. The Morgan fingerprint density at radius 2 is 1.69 bits per heavy atom. The lowest BCUT2D eigenvalue weighted by Crippen LogP contribution is -2.52. The van der Waals surface area contributed by atoms with Gasteiger partial charge in [-0.05, 0) is 22.3 Å². The van der Waals surface area contributed by atoms with Gasteiger partial charge in [0.2, 0.25) is 5.91 Å². The Kier molecular flexibility index (Phi) is 7.02. The van der Waals surface area contributed by atoms with E-state index in [4.69, 9.17) is 9.84 Å². The third kappa shape index (κ3) is 5.27. The maximum Gasteiger partial charge on any atom is 0.407 e. The molecule has 186 valence electrons. The first-order chi connectivity index (χ1) is 16.7. The van der Waals surface area contributed by atoms with Crippen LogP contribution < -0.4 is 5.32 Å². The summed E-state index contributed by atoms with van der Waals surface area (Å²) in [5.41, 5.74) is 4.29. The molecule has 3 N–H and O–H groups in total. The van der Waals surface area contributed by atoms with Crippen LogP contribution in [0.5, 0.6) is 0 Å². The van der Waals surface area contributed by atoms with E-state index < -0.39 is 55.3 Å². The first-order valence-electron chi connectivity index (χ1n) is 11.3. The van der Waals surface area contributed by atoms with E-state index >= 15 is 0 Å². The minimum Gasteiger partial charge on any atom is -0.481 e. The van der Waals surface area contributed by atoms with E-state index in [9.17, 15) is 28.3 Å². The minimum absolute atomic E-state index is 0.0907. The number of aliphatic hydroxyl groups excluding tert-OH is 1. The summed E-state index contributed by atoms with van der Waals surface area (Å²) in [6.07, 6.45) is -3.25. The van der Waals surface area contributed by atoms with Crippen LogP contribution in [0.15, 0.2) is 48.5 Å². The van der Waals surface area contributed by atoms with Gasteiger partial charge in [0.15, 0.2) is 0 Å². The second kappa shape index (κ2) is 9.99. The number of alkyl halides is 2. The summed E-state index contributed by atoms with van der Waals surface area (Å²) in [6, 6.07) is 15.8. The highest BCUT2D eigenvalue weighted by Crippen LogP contribution is 2.44. The Bertz CT molecular complexity index is 1080. The Balaban J connectivity index is 1.25. The van der Waals surface area contributed by atoms with E-state index in [0.717, 1.165) is 27.2 Å². The van der Waals surface area contributed by atoms with Crippen molar-refractivity contribution < 1.29 is 38.1 Å². The van der Waals surface area contributed by atoms with E-state index in [-0.39, 0.29) is 25.6 Å². The number of aliphatic hydroxyl groups is 1. The van der Waals surface area contributed by atoms with Gasteiger partial charge in [0, 0.05) is 32.0 Å². The number of carbonyl (C=O) groups is 3.